The van der Waals surface area contributed by atoms with Crippen LogP contribution in [0, 0.1) is 0 Å². The van der Waals surface area contributed by atoms with E-state index >= 15 is 0 Å². The highest BCUT2D eigenvalue weighted by molar-refractivity contribution is 6.08. The molecule has 2 aromatic rings. The summed E-state index contributed by atoms with van der Waals surface area (Å²) in [4.78, 5) is 54.6. The van der Waals surface area contributed by atoms with Crippen LogP contribution in [0.3, 0.4) is 0 Å². The van der Waals surface area contributed by atoms with Crippen molar-refractivity contribution in [3.63, 3.8) is 0 Å². The smallest absolute Gasteiger partial charge is 0.427 e. The second-order valence-corrected chi connectivity index (χ2v) is 14.0. The number of fused-ring (bicyclic) bond motifs is 1. The largest absolute Gasteiger partial charge is 0.443 e. The van der Waals surface area contributed by atoms with Crippen LogP contribution < -0.4 is 9.80 Å². The summed E-state index contributed by atoms with van der Waals surface area (Å²) in [6.07, 6.45) is -0.451. The van der Waals surface area contributed by atoms with Gasteiger partial charge in [-0.1, -0.05) is 43.7 Å². The standard InChI is InChI=1S/C33H49N5O6/c1-11-12-19-37(28(39)42-31(2,3)4)26-24-18-20-36(21-23-16-14-13-15-17-23)22-25(24)34-27(35-26)38(29(40)43-32(5,6)7)30(41)44-33(8,9)10/h13-17H,11-12,18-22H2,1-10H3. The number of carbonyl (C=O) groups is 3. The summed E-state index contributed by atoms with van der Waals surface area (Å²) in [6.45, 7) is 19.8. The van der Waals surface area contributed by atoms with Crippen molar-refractivity contribution in [3.8, 4) is 0 Å². The Morgan fingerprint density at radius 3 is 1.89 bits per heavy atom. The third-order valence-electron chi connectivity index (χ3n) is 6.32. The fourth-order valence-electron chi connectivity index (χ4n) is 4.52. The Morgan fingerprint density at radius 1 is 0.818 bits per heavy atom. The number of hydrogen-bond donors (Lipinski definition) is 0. The van der Waals surface area contributed by atoms with E-state index in [-0.39, 0.29) is 5.95 Å². The Labute approximate surface area is 261 Å². The number of aromatic nitrogens is 2. The summed E-state index contributed by atoms with van der Waals surface area (Å²) in [7, 11) is 0. The van der Waals surface area contributed by atoms with Crippen molar-refractivity contribution in [1.29, 1.82) is 0 Å². The lowest BCUT2D eigenvalue weighted by atomic mass is 10.0. The van der Waals surface area contributed by atoms with Gasteiger partial charge >= 0.3 is 18.3 Å². The summed E-state index contributed by atoms with van der Waals surface area (Å²) < 4.78 is 17.0. The molecule has 3 rings (SSSR count). The Morgan fingerprint density at radius 2 is 1.36 bits per heavy atom. The highest BCUT2D eigenvalue weighted by Crippen LogP contribution is 2.32. The van der Waals surface area contributed by atoms with E-state index in [1.54, 1.807) is 62.3 Å². The third-order valence-corrected chi connectivity index (χ3v) is 6.32. The van der Waals surface area contributed by atoms with Crippen molar-refractivity contribution >= 4 is 30.0 Å². The molecule has 0 bridgehead atoms. The minimum Gasteiger partial charge on any atom is -0.443 e. The molecule has 11 heteroatoms. The van der Waals surface area contributed by atoms with Crippen LogP contribution in [0.5, 0.6) is 0 Å². The number of carbonyl (C=O) groups excluding carboxylic acids is 3. The Bertz CT molecular complexity index is 1280. The maximum atomic E-state index is 13.6. The highest BCUT2D eigenvalue weighted by atomic mass is 16.6. The third kappa shape index (κ3) is 10.2. The number of imide groups is 1. The fraction of sp³-hybridized carbons (Fsp3) is 0.606. The number of hydrogen-bond acceptors (Lipinski definition) is 9. The average Bonchev–Trinajstić information content (AvgIpc) is 2.86. The lowest BCUT2D eigenvalue weighted by Crippen LogP contribution is -2.46. The van der Waals surface area contributed by atoms with E-state index in [2.05, 4.69) is 17.0 Å². The maximum Gasteiger partial charge on any atom is 0.427 e. The van der Waals surface area contributed by atoms with Crippen LogP contribution in [0.1, 0.15) is 98.9 Å². The van der Waals surface area contributed by atoms with Gasteiger partial charge in [0.1, 0.15) is 22.6 Å². The first-order valence-corrected chi connectivity index (χ1v) is 15.3. The summed E-state index contributed by atoms with van der Waals surface area (Å²) in [5, 5.41) is 0. The van der Waals surface area contributed by atoms with Crippen molar-refractivity contribution < 1.29 is 28.6 Å². The molecular weight excluding hydrogens is 562 g/mol. The molecule has 0 aliphatic carbocycles. The van der Waals surface area contributed by atoms with Crippen molar-refractivity contribution in [1.82, 2.24) is 14.9 Å². The first-order chi connectivity index (χ1) is 20.4. The van der Waals surface area contributed by atoms with Crippen molar-refractivity contribution in [2.75, 3.05) is 22.9 Å². The van der Waals surface area contributed by atoms with E-state index in [9.17, 15) is 14.4 Å². The fourth-order valence-corrected chi connectivity index (χ4v) is 4.52. The number of benzene rings is 1. The molecule has 1 aliphatic heterocycles. The molecule has 0 fully saturated rings. The topological polar surface area (TPSA) is 114 Å². The molecule has 1 aliphatic rings. The molecular formula is C33H49N5O6. The van der Waals surface area contributed by atoms with Crippen LogP contribution in [0.25, 0.3) is 0 Å². The van der Waals surface area contributed by atoms with Crippen molar-refractivity contribution in [2.24, 2.45) is 0 Å². The van der Waals surface area contributed by atoms with Gasteiger partial charge in [0.15, 0.2) is 0 Å². The summed E-state index contributed by atoms with van der Waals surface area (Å²) in [5.41, 5.74) is -0.0476. The van der Waals surface area contributed by atoms with Gasteiger partial charge in [0, 0.05) is 31.7 Å². The number of anilines is 2. The minimum atomic E-state index is -0.980. The van der Waals surface area contributed by atoms with E-state index in [0.29, 0.717) is 55.4 Å². The molecule has 0 saturated carbocycles. The monoisotopic (exact) mass is 611 g/mol. The molecule has 1 aromatic heterocycles. The van der Waals surface area contributed by atoms with Gasteiger partial charge in [-0.2, -0.15) is 4.98 Å². The van der Waals surface area contributed by atoms with Gasteiger partial charge in [-0.15, -0.1) is 4.90 Å². The van der Waals surface area contributed by atoms with Crippen LogP contribution in [0.2, 0.25) is 0 Å². The lowest BCUT2D eigenvalue weighted by molar-refractivity contribution is 0.0426. The molecule has 1 aromatic carbocycles. The minimum absolute atomic E-state index is 0.228. The zero-order valence-electron chi connectivity index (χ0n) is 28.0. The van der Waals surface area contributed by atoms with E-state index in [0.717, 1.165) is 17.5 Å². The molecule has 44 heavy (non-hydrogen) atoms. The molecule has 2 heterocycles. The van der Waals surface area contributed by atoms with Gasteiger partial charge in [-0.3, -0.25) is 9.80 Å². The zero-order chi connectivity index (χ0) is 32.9. The summed E-state index contributed by atoms with van der Waals surface area (Å²) >= 11 is 0. The van der Waals surface area contributed by atoms with E-state index < -0.39 is 35.1 Å². The van der Waals surface area contributed by atoms with E-state index in [1.165, 1.54) is 4.90 Å². The van der Waals surface area contributed by atoms with E-state index in [4.69, 9.17) is 24.2 Å². The number of amides is 3. The summed E-state index contributed by atoms with van der Waals surface area (Å²) in [6, 6.07) is 10.1. The van der Waals surface area contributed by atoms with E-state index in [1.807, 2.05) is 25.1 Å². The Hall–Kier alpha value is -3.73. The summed E-state index contributed by atoms with van der Waals surface area (Å²) in [5.74, 6) is 0.0815. The Balaban J connectivity index is 2.19. The second-order valence-electron chi connectivity index (χ2n) is 14.0. The van der Waals surface area contributed by atoms with Crippen LogP contribution in [-0.4, -0.2) is 63.0 Å². The molecule has 0 unspecified atom stereocenters. The van der Waals surface area contributed by atoms with Crippen LogP contribution >= 0.6 is 0 Å². The average molecular weight is 612 g/mol. The van der Waals surface area contributed by atoms with Crippen LogP contribution in [0.4, 0.5) is 26.1 Å². The predicted octanol–water partition coefficient (Wildman–Crippen LogP) is 7.25. The Kier molecular flexibility index (Phi) is 11.0. The predicted molar refractivity (Wildman–Crippen MR) is 170 cm³/mol. The SMILES string of the molecule is CCCCN(C(=O)OC(C)(C)C)c1nc(N(C(=O)OC(C)(C)C)C(=O)OC(C)(C)C)nc2c1CCN(Cc1ccccc1)C2. The first kappa shape index (κ1) is 34.8. The van der Waals surface area contributed by atoms with Gasteiger partial charge in [0.05, 0.1) is 5.69 Å². The lowest BCUT2D eigenvalue weighted by Gasteiger charge is -2.34. The molecule has 0 saturated heterocycles. The quantitative estimate of drug-likeness (QED) is 0.299. The molecule has 3 amide bonds. The first-order valence-electron chi connectivity index (χ1n) is 15.3. The van der Waals surface area contributed by atoms with Gasteiger partial charge in [-0.25, -0.2) is 19.4 Å². The molecule has 0 N–H and O–H groups in total. The normalized spacial score (nSPS) is 14.0. The van der Waals surface area contributed by atoms with Crippen molar-refractivity contribution in [2.45, 2.75) is 118 Å². The molecule has 11 nitrogen and oxygen atoms in total. The van der Waals surface area contributed by atoms with Gasteiger partial charge in [0.25, 0.3) is 0 Å². The molecule has 0 atom stereocenters. The van der Waals surface area contributed by atoms with Gasteiger partial charge < -0.3 is 14.2 Å². The maximum absolute atomic E-state index is 13.6. The second kappa shape index (κ2) is 13.9. The number of rotatable bonds is 7. The van der Waals surface area contributed by atoms with Crippen LogP contribution in [0.15, 0.2) is 30.3 Å². The number of ether oxygens (including phenoxy) is 3. The van der Waals surface area contributed by atoms with Gasteiger partial charge in [-0.05, 0) is 80.7 Å². The van der Waals surface area contributed by atoms with Crippen LogP contribution in [-0.2, 0) is 33.7 Å². The molecule has 0 spiro atoms. The number of nitrogens with zero attached hydrogens (tertiary/aromatic N) is 5. The van der Waals surface area contributed by atoms with Crippen molar-refractivity contribution in [3.05, 3.63) is 47.2 Å². The highest BCUT2D eigenvalue weighted by Gasteiger charge is 2.38. The van der Waals surface area contributed by atoms with Gasteiger partial charge in [0.2, 0.25) is 5.95 Å². The molecule has 242 valence electrons. The zero-order valence-corrected chi connectivity index (χ0v) is 28.0. The molecule has 0 radical (unpaired) electrons. The number of unbranched alkanes of at least 4 members (excludes halogenated alkanes) is 1.